The Hall–Kier alpha value is 0.400. The van der Waals surface area contributed by atoms with Crippen LogP contribution in [-0.4, -0.2) is 54.4 Å². The van der Waals surface area contributed by atoms with Crippen LogP contribution in [0.5, 0.6) is 0 Å². The second-order valence-electron chi connectivity index (χ2n) is 4.86. The molecule has 0 aromatic rings. The van der Waals surface area contributed by atoms with E-state index in [0.717, 1.165) is 17.3 Å². The summed E-state index contributed by atoms with van der Waals surface area (Å²) in [6, 6.07) is 0.814. The molecule has 0 aromatic heterocycles. The van der Waals surface area contributed by atoms with E-state index in [1.165, 1.54) is 39.0 Å². The van der Waals surface area contributed by atoms with Gasteiger partial charge in [0.15, 0.2) is 0 Å². The molecule has 3 heteroatoms. The Morgan fingerprint density at radius 1 is 1.40 bits per heavy atom. The molecule has 0 aliphatic carbocycles. The van der Waals surface area contributed by atoms with E-state index in [-0.39, 0.29) is 0 Å². The maximum atomic E-state index is 3.55. The smallest absolute Gasteiger partial charge is 0.0117 e. The summed E-state index contributed by atoms with van der Waals surface area (Å²) >= 11 is 3.55. The summed E-state index contributed by atoms with van der Waals surface area (Å²) in [5, 5.41) is 1.12. The van der Waals surface area contributed by atoms with Crippen LogP contribution in [0, 0.1) is 5.92 Å². The third kappa shape index (κ3) is 4.41. The Kier molecular flexibility index (Phi) is 6.17. The molecule has 0 aromatic carbocycles. The highest BCUT2D eigenvalue weighted by Gasteiger charge is 2.22. The van der Waals surface area contributed by atoms with Crippen LogP contribution in [0.15, 0.2) is 0 Å². The molecule has 1 aliphatic heterocycles. The number of piperidine rings is 1. The lowest BCUT2D eigenvalue weighted by molar-refractivity contribution is 0.123. The summed E-state index contributed by atoms with van der Waals surface area (Å²) in [4.78, 5) is 5.11. The van der Waals surface area contributed by atoms with Crippen molar-refractivity contribution < 1.29 is 0 Å². The van der Waals surface area contributed by atoms with Gasteiger partial charge in [0, 0.05) is 17.9 Å². The lowest BCUT2D eigenvalue weighted by Gasteiger charge is -2.37. The van der Waals surface area contributed by atoms with Crippen molar-refractivity contribution in [1.29, 1.82) is 0 Å². The average Bonchev–Trinajstić information content (AvgIpc) is 2.29. The molecule has 1 rings (SSSR count). The molecule has 0 amide bonds. The highest BCUT2D eigenvalue weighted by molar-refractivity contribution is 9.09. The fraction of sp³-hybridized carbons (Fsp3) is 1.00. The second-order valence-corrected chi connectivity index (χ2v) is 5.51. The molecule has 1 aliphatic rings. The number of hydrogen-bond donors (Lipinski definition) is 0. The number of hydrogen-bond acceptors (Lipinski definition) is 2. The van der Waals surface area contributed by atoms with E-state index < -0.39 is 0 Å². The van der Waals surface area contributed by atoms with E-state index in [1.807, 2.05) is 0 Å². The summed E-state index contributed by atoms with van der Waals surface area (Å²) in [5.74, 6) is 0.763. The third-order valence-corrected chi connectivity index (χ3v) is 4.60. The van der Waals surface area contributed by atoms with Gasteiger partial charge in [-0.25, -0.2) is 0 Å². The molecule has 1 fully saturated rings. The summed E-state index contributed by atoms with van der Waals surface area (Å²) in [7, 11) is 2.28. The van der Waals surface area contributed by atoms with Crippen LogP contribution >= 0.6 is 15.9 Å². The van der Waals surface area contributed by atoms with Gasteiger partial charge in [0.2, 0.25) is 0 Å². The first-order valence-corrected chi connectivity index (χ1v) is 7.28. The van der Waals surface area contributed by atoms with Crippen molar-refractivity contribution in [2.75, 3.05) is 38.6 Å². The Balaban J connectivity index is 2.26. The zero-order valence-electron chi connectivity index (χ0n) is 10.4. The van der Waals surface area contributed by atoms with E-state index in [0.29, 0.717) is 0 Å². The largest absolute Gasteiger partial charge is 0.303 e. The number of halogens is 1. The molecule has 1 saturated heterocycles. The van der Waals surface area contributed by atoms with Crippen molar-refractivity contribution in [2.45, 2.75) is 32.7 Å². The normalized spacial score (nSPS) is 22.2. The third-order valence-electron chi connectivity index (χ3n) is 3.49. The van der Waals surface area contributed by atoms with Gasteiger partial charge in [0.05, 0.1) is 0 Å². The fourth-order valence-electron chi connectivity index (χ4n) is 2.37. The molecule has 15 heavy (non-hydrogen) atoms. The number of nitrogens with zero attached hydrogens (tertiary/aromatic N) is 2. The monoisotopic (exact) mass is 276 g/mol. The van der Waals surface area contributed by atoms with Crippen molar-refractivity contribution in [3.05, 3.63) is 0 Å². The predicted octanol–water partition coefficient (Wildman–Crippen LogP) is 2.43. The zero-order valence-corrected chi connectivity index (χ0v) is 12.0. The molecule has 0 radical (unpaired) electrons. The van der Waals surface area contributed by atoms with Gasteiger partial charge in [-0.15, -0.1) is 0 Å². The minimum Gasteiger partial charge on any atom is -0.303 e. The number of alkyl halides is 1. The van der Waals surface area contributed by atoms with Gasteiger partial charge in [-0.1, -0.05) is 29.8 Å². The fourth-order valence-corrected chi connectivity index (χ4v) is 2.57. The molecule has 90 valence electrons. The van der Waals surface area contributed by atoms with Crippen LogP contribution in [0.2, 0.25) is 0 Å². The second kappa shape index (κ2) is 6.87. The Morgan fingerprint density at radius 2 is 2.00 bits per heavy atom. The van der Waals surface area contributed by atoms with Gasteiger partial charge >= 0.3 is 0 Å². The van der Waals surface area contributed by atoms with Crippen LogP contribution in [0.25, 0.3) is 0 Å². The van der Waals surface area contributed by atoms with Crippen molar-refractivity contribution in [3.63, 3.8) is 0 Å². The van der Waals surface area contributed by atoms with Crippen molar-refractivity contribution in [1.82, 2.24) is 9.80 Å². The average molecular weight is 277 g/mol. The van der Waals surface area contributed by atoms with E-state index in [9.17, 15) is 0 Å². The number of rotatable bonds is 5. The SMILES string of the molecule is CCN1CCC(N(C)CC(C)CBr)CC1. The first kappa shape index (κ1) is 13.5. The Labute approximate surface area is 103 Å². The maximum Gasteiger partial charge on any atom is 0.0117 e. The predicted molar refractivity (Wildman–Crippen MR) is 70.7 cm³/mol. The minimum atomic E-state index is 0.763. The lowest BCUT2D eigenvalue weighted by atomic mass is 10.0. The minimum absolute atomic E-state index is 0.763. The van der Waals surface area contributed by atoms with Gasteiger partial charge in [0.1, 0.15) is 0 Å². The molecule has 2 nitrogen and oxygen atoms in total. The van der Waals surface area contributed by atoms with Crippen molar-refractivity contribution in [2.24, 2.45) is 5.92 Å². The molecule has 0 spiro atoms. The highest BCUT2D eigenvalue weighted by atomic mass is 79.9. The molecule has 1 atom stereocenters. The van der Waals surface area contributed by atoms with Crippen molar-refractivity contribution >= 4 is 15.9 Å². The summed E-state index contributed by atoms with van der Waals surface area (Å²) < 4.78 is 0. The summed E-state index contributed by atoms with van der Waals surface area (Å²) in [6.07, 6.45) is 2.69. The van der Waals surface area contributed by atoms with Crippen molar-refractivity contribution in [3.8, 4) is 0 Å². The highest BCUT2D eigenvalue weighted by Crippen LogP contribution is 2.16. The standard InChI is InChI=1S/C12H25BrN2/c1-4-15-7-5-12(6-8-15)14(3)10-11(2)9-13/h11-12H,4-10H2,1-3H3. The Bertz CT molecular complexity index is 167. The quantitative estimate of drug-likeness (QED) is 0.712. The first-order chi connectivity index (χ1) is 7.17. The summed E-state index contributed by atoms with van der Waals surface area (Å²) in [5.41, 5.74) is 0. The van der Waals surface area contributed by atoms with Gasteiger partial charge in [-0.3, -0.25) is 0 Å². The topological polar surface area (TPSA) is 6.48 Å². The van der Waals surface area contributed by atoms with Crippen LogP contribution in [0.1, 0.15) is 26.7 Å². The molecule has 0 saturated carbocycles. The lowest BCUT2D eigenvalue weighted by Crippen LogP contribution is -2.44. The first-order valence-electron chi connectivity index (χ1n) is 6.16. The van der Waals surface area contributed by atoms with Gasteiger partial charge in [-0.2, -0.15) is 0 Å². The van der Waals surface area contributed by atoms with E-state index >= 15 is 0 Å². The van der Waals surface area contributed by atoms with Gasteiger partial charge in [-0.05, 0) is 45.4 Å². The molecule has 0 N–H and O–H groups in total. The molecular weight excluding hydrogens is 252 g/mol. The van der Waals surface area contributed by atoms with E-state index in [4.69, 9.17) is 0 Å². The van der Waals surface area contributed by atoms with E-state index in [2.05, 4.69) is 46.6 Å². The van der Waals surface area contributed by atoms with Crippen LogP contribution in [0.4, 0.5) is 0 Å². The Morgan fingerprint density at radius 3 is 2.47 bits per heavy atom. The molecule has 1 unspecified atom stereocenters. The van der Waals surface area contributed by atoms with Gasteiger partial charge < -0.3 is 9.80 Å². The van der Waals surface area contributed by atoms with Gasteiger partial charge in [0.25, 0.3) is 0 Å². The van der Waals surface area contributed by atoms with E-state index in [1.54, 1.807) is 0 Å². The van der Waals surface area contributed by atoms with Crippen LogP contribution < -0.4 is 0 Å². The summed E-state index contributed by atoms with van der Waals surface area (Å²) in [6.45, 7) is 9.59. The molecular formula is C12H25BrN2. The molecule has 1 heterocycles. The van der Waals surface area contributed by atoms with Crippen LogP contribution in [-0.2, 0) is 0 Å². The maximum absolute atomic E-state index is 3.55. The van der Waals surface area contributed by atoms with Crippen LogP contribution in [0.3, 0.4) is 0 Å². The zero-order chi connectivity index (χ0) is 11.3. The number of likely N-dealkylation sites (tertiary alicyclic amines) is 1. The molecule has 0 bridgehead atoms.